The number of halogens is 1. The molecule has 1 aliphatic rings. The van der Waals surface area contributed by atoms with Gasteiger partial charge in [-0.15, -0.1) is 0 Å². The lowest BCUT2D eigenvalue weighted by Crippen LogP contribution is -2.26. The normalized spacial score (nSPS) is 14.9. The fourth-order valence-corrected chi connectivity index (χ4v) is 4.20. The molecule has 1 aromatic rings. The molecule has 4 nitrogen and oxygen atoms in total. The van der Waals surface area contributed by atoms with Crippen LogP contribution in [0.2, 0.25) is 19.6 Å². The summed E-state index contributed by atoms with van der Waals surface area (Å²) in [4.78, 5) is 10.9. The van der Waals surface area contributed by atoms with E-state index in [1.807, 2.05) is 54.8 Å². The van der Waals surface area contributed by atoms with E-state index in [-0.39, 0.29) is 5.92 Å². The van der Waals surface area contributed by atoms with E-state index >= 15 is 0 Å². The van der Waals surface area contributed by atoms with Crippen LogP contribution in [0.5, 0.6) is 5.75 Å². The van der Waals surface area contributed by atoms with Crippen molar-refractivity contribution in [1.82, 2.24) is 5.32 Å². The summed E-state index contributed by atoms with van der Waals surface area (Å²) in [7, 11) is -1.85. The van der Waals surface area contributed by atoms with Crippen molar-refractivity contribution in [3.8, 4) is 5.75 Å². The van der Waals surface area contributed by atoms with Crippen LogP contribution in [0.3, 0.4) is 0 Å². The van der Waals surface area contributed by atoms with Gasteiger partial charge in [0.05, 0.1) is 6.61 Å². The number of carbonyl (C=O) groups is 1. The van der Waals surface area contributed by atoms with Crippen LogP contribution in [0.1, 0.15) is 25.3 Å². The molecule has 1 unspecified atom stereocenters. The molecule has 6 heteroatoms. The van der Waals surface area contributed by atoms with Gasteiger partial charge in [0.1, 0.15) is 17.8 Å². The Kier molecular flexibility index (Phi) is 9.59. The molecule has 31 heavy (non-hydrogen) atoms. The zero-order chi connectivity index (χ0) is 22.9. The molecule has 0 saturated heterocycles. The third-order valence-corrected chi connectivity index (χ3v) is 5.95. The number of hydrogen-bond acceptors (Lipinski definition) is 4. The molecule has 166 valence electrons. The van der Waals surface area contributed by atoms with Gasteiger partial charge in [-0.3, -0.25) is 0 Å². The molecule has 0 aliphatic carbocycles. The summed E-state index contributed by atoms with van der Waals surface area (Å²) in [5, 5.41) is 3.31. The van der Waals surface area contributed by atoms with Crippen LogP contribution in [-0.4, -0.2) is 21.2 Å². The van der Waals surface area contributed by atoms with E-state index in [4.69, 9.17) is 9.16 Å². The number of nitrogens with one attached hydrogen (secondary N) is 1. The first kappa shape index (κ1) is 25.0. The van der Waals surface area contributed by atoms with Gasteiger partial charge in [0.15, 0.2) is 0 Å². The van der Waals surface area contributed by atoms with Gasteiger partial charge in [0, 0.05) is 33.9 Å². The van der Waals surface area contributed by atoms with Crippen LogP contribution in [0.4, 0.5) is 0 Å². The molecule has 2 rings (SSSR count). The molecule has 1 aromatic carbocycles. The van der Waals surface area contributed by atoms with Gasteiger partial charge in [-0.2, -0.15) is 0 Å². The zero-order valence-electron chi connectivity index (χ0n) is 18.8. The van der Waals surface area contributed by atoms with Crippen LogP contribution in [0.25, 0.3) is 6.08 Å². The number of hydrogen-bond donors (Lipinski definition) is 1. The lowest BCUT2D eigenvalue weighted by molar-refractivity contribution is -0.108. The minimum atomic E-state index is -1.85. The quantitative estimate of drug-likeness (QED) is 0.157. The SMILES string of the molecule is C=C(O[Si](C)(C)C)C(=Cc1cc(Br)ccc1OCC(CC)CC=O)C1=CC=CC=CN1. The highest BCUT2D eigenvalue weighted by Gasteiger charge is 2.21. The highest BCUT2D eigenvalue weighted by atomic mass is 79.9. The lowest BCUT2D eigenvalue weighted by atomic mass is 10.0. The second-order valence-corrected chi connectivity index (χ2v) is 13.7. The molecule has 1 N–H and O–H groups in total. The predicted molar refractivity (Wildman–Crippen MR) is 135 cm³/mol. The van der Waals surface area contributed by atoms with Gasteiger partial charge in [-0.05, 0) is 68.4 Å². The van der Waals surface area contributed by atoms with Crippen molar-refractivity contribution in [2.75, 3.05) is 6.61 Å². The van der Waals surface area contributed by atoms with Gasteiger partial charge in [0.2, 0.25) is 8.32 Å². The molecule has 0 bridgehead atoms. The number of rotatable bonds is 11. The monoisotopic (exact) mass is 501 g/mol. The maximum atomic E-state index is 10.9. The maximum absolute atomic E-state index is 10.9. The Morgan fingerprint density at radius 2 is 2.03 bits per heavy atom. The van der Waals surface area contributed by atoms with E-state index in [1.165, 1.54) is 0 Å². The highest BCUT2D eigenvalue weighted by molar-refractivity contribution is 9.10. The van der Waals surface area contributed by atoms with Crippen molar-refractivity contribution in [3.05, 3.63) is 82.3 Å². The fourth-order valence-electron chi connectivity index (χ4n) is 2.97. The summed E-state index contributed by atoms with van der Waals surface area (Å²) < 4.78 is 13.3. The van der Waals surface area contributed by atoms with Crippen molar-refractivity contribution in [3.63, 3.8) is 0 Å². The summed E-state index contributed by atoms with van der Waals surface area (Å²) in [5.41, 5.74) is 2.67. The second-order valence-electron chi connectivity index (χ2n) is 8.33. The average Bonchev–Trinajstić information content (AvgIpc) is 2.98. The zero-order valence-corrected chi connectivity index (χ0v) is 21.4. The third-order valence-electron chi connectivity index (χ3n) is 4.59. The predicted octanol–water partition coefficient (Wildman–Crippen LogP) is 6.75. The number of benzene rings is 1. The van der Waals surface area contributed by atoms with Gasteiger partial charge in [-0.1, -0.05) is 41.6 Å². The first-order valence-electron chi connectivity index (χ1n) is 10.5. The molecule has 1 aliphatic heterocycles. The number of carbonyl (C=O) groups excluding carboxylic acids is 1. The van der Waals surface area contributed by atoms with Gasteiger partial charge >= 0.3 is 0 Å². The van der Waals surface area contributed by atoms with Crippen molar-refractivity contribution < 1.29 is 14.0 Å². The van der Waals surface area contributed by atoms with Crippen LogP contribution < -0.4 is 10.1 Å². The molecular weight excluding hydrogens is 470 g/mol. The number of allylic oxidation sites excluding steroid dienone is 4. The van der Waals surface area contributed by atoms with E-state index in [9.17, 15) is 4.79 Å². The Balaban J connectivity index is 2.45. The minimum absolute atomic E-state index is 0.198. The topological polar surface area (TPSA) is 47.6 Å². The van der Waals surface area contributed by atoms with Crippen molar-refractivity contribution in [1.29, 1.82) is 0 Å². The van der Waals surface area contributed by atoms with Crippen LogP contribution in [0.15, 0.2) is 76.8 Å². The van der Waals surface area contributed by atoms with Crippen molar-refractivity contribution in [2.24, 2.45) is 5.92 Å². The van der Waals surface area contributed by atoms with E-state index in [1.54, 1.807) is 0 Å². The van der Waals surface area contributed by atoms with Gasteiger partial charge < -0.3 is 19.3 Å². The smallest absolute Gasteiger partial charge is 0.242 e. The van der Waals surface area contributed by atoms with Crippen LogP contribution in [0, 0.1) is 5.92 Å². The van der Waals surface area contributed by atoms with Gasteiger partial charge in [-0.25, -0.2) is 0 Å². The number of ether oxygens (including phenoxy) is 1. The van der Waals surface area contributed by atoms with E-state index in [0.717, 1.165) is 39.8 Å². The molecular formula is C25H32BrNO3Si. The molecule has 0 saturated carbocycles. The Hall–Kier alpha value is -2.31. The summed E-state index contributed by atoms with van der Waals surface area (Å²) in [6, 6.07) is 5.91. The molecule has 1 heterocycles. The van der Waals surface area contributed by atoms with Gasteiger partial charge in [0.25, 0.3) is 0 Å². The minimum Gasteiger partial charge on any atom is -0.544 e. The Morgan fingerprint density at radius 1 is 1.26 bits per heavy atom. The summed E-state index contributed by atoms with van der Waals surface area (Å²) in [6.07, 6.45) is 14.2. The van der Waals surface area contributed by atoms with Crippen LogP contribution in [-0.2, 0) is 9.22 Å². The van der Waals surface area contributed by atoms with Crippen molar-refractivity contribution in [2.45, 2.75) is 39.4 Å². The summed E-state index contributed by atoms with van der Waals surface area (Å²) in [6.45, 7) is 13.2. The standard InChI is InChI=1S/C25H32BrNO3Si/c1-6-20(13-15-28)18-29-25-12-11-22(26)16-21(25)17-23(19(2)30-31(3,4)5)24-10-8-7-9-14-27-24/h7-12,14-17,20,27H,2,6,13,18H2,1,3-5H3. The maximum Gasteiger partial charge on any atom is 0.242 e. The largest absolute Gasteiger partial charge is 0.544 e. The summed E-state index contributed by atoms with van der Waals surface area (Å²) in [5.74, 6) is 1.58. The van der Waals surface area contributed by atoms with E-state index in [0.29, 0.717) is 18.8 Å². The van der Waals surface area contributed by atoms with Crippen molar-refractivity contribution >= 4 is 36.6 Å². The van der Waals surface area contributed by atoms with E-state index in [2.05, 4.69) is 54.4 Å². The Labute approximate surface area is 195 Å². The second kappa shape index (κ2) is 11.9. The van der Waals surface area contributed by atoms with E-state index < -0.39 is 8.32 Å². The Bertz CT molecular complexity index is 910. The lowest BCUT2D eigenvalue weighted by Gasteiger charge is -2.24. The molecule has 0 radical (unpaired) electrons. The molecule has 0 spiro atoms. The third kappa shape index (κ3) is 8.38. The average molecular weight is 503 g/mol. The molecule has 0 fully saturated rings. The fraction of sp³-hybridized carbons (Fsp3) is 0.320. The molecule has 0 aromatic heterocycles. The highest BCUT2D eigenvalue weighted by Crippen LogP contribution is 2.31. The first-order valence-corrected chi connectivity index (χ1v) is 14.7. The van der Waals surface area contributed by atoms with Crippen LogP contribution >= 0.6 is 15.9 Å². The number of aldehydes is 1. The molecule has 1 atom stereocenters. The first-order chi connectivity index (χ1) is 14.7. The summed E-state index contributed by atoms with van der Waals surface area (Å²) >= 11 is 3.57. The Morgan fingerprint density at radius 3 is 2.71 bits per heavy atom. The molecule has 0 amide bonds.